The van der Waals surface area contributed by atoms with Gasteiger partial charge in [-0.2, -0.15) is 4.31 Å². The van der Waals surface area contributed by atoms with Crippen LogP contribution in [0.2, 0.25) is 5.15 Å². The van der Waals surface area contributed by atoms with Crippen molar-refractivity contribution in [3.8, 4) is 0 Å². The second-order valence-corrected chi connectivity index (χ2v) is 7.21. The number of nitrogens with zero attached hydrogens (tertiary/aromatic N) is 4. The Morgan fingerprint density at radius 1 is 1.40 bits per heavy atom. The van der Waals surface area contributed by atoms with Crippen molar-refractivity contribution in [2.45, 2.75) is 25.8 Å². The largest absolute Gasteiger partial charge is 0.355 e. The number of hydrogen-bond acceptors (Lipinski definition) is 5. The van der Waals surface area contributed by atoms with Gasteiger partial charge in [-0.05, 0) is 12.8 Å². The first-order valence-corrected chi connectivity index (χ1v) is 8.83. The molecule has 0 bridgehead atoms. The van der Waals surface area contributed by atoms with Crippen LogP contribution in [0.5, 0.6) is 0 Å². The molecule has 0 amide bonds. The number of rotatable bonds is 4. The van der Waals surface area contributed by atoms with E-state index in [1.807, 2.05) is 6.92 Å². The number of piperidine rings is 1. The van der Waals surface area contributed by atoms with E-state index in [2.05, 4.69) is 14.9 Å². The molecule has 20 heavy (non-hydrogen) atoms. The SMILES string of the molecule is CCN(C1CCN(c2cncc(Cl)n2)CC1)S(C)(=O)=O. The zero-order valence-corrected chi connectivity index (χ0v) is 13.2. The molecule has 0 aromatic carbocycles. The maximum atomic E-state index is 11.7. The molecule has 2 rings (SSSR count). The summed E-state index contributed by atoms with van der Waals surface area (Å²) in [5.74, 6) is 0.748. The van der Waals surface area contributed by atoms with Crippen LogP contribution in [0.4, 0.5) is 5.82 Å². The second kappa shape index (κ2) is 6.24. The third-order valence-electron chi connectivity index (χ3n) is 3.53. The van der Waals surface area contributed by atoms with E-state index in [1.165, 1.54) is 12.5 Å². The van der Waals surface area contributed by atoms with Crippen molar-refractivity contribution in [3.05, 3.63) is 17.5 Å². The Balaban J connectivity index is 2.02. The Morgan fingerprint density at radius 2 is 2.05 bits per heavy atom. The molecule has 8 heteroatoms. The standard InChI is InChI=1S/C12H19ClN4O2S/c1-3-17(20(2,18)19)10-4-6-16(7-5-10)12-9-14-8-11(13)15-12/h8-10H,3-7H2,1-2H3. The van der Waals surface area contributed by atoms with Crippen LogP contribution >= 0.6 is 11.6 Å². The van der Waals surface area contributed by atoms with Crippen LogP contribution in [-0.2, 0) is 10.0 Å². The van der Waals surface area contributed by atoms with Crippen molar-refractivity contribution in [2.24, 2.45) is 0 Å². The summed E-state index contributed by atoms with van der Waals surface area (Å²) in [5, 5.41) is 0.371. The van der Waals surface area contributed by atoms with Crippen LogP contribution in [0.25, 0.3) is 0 Å². The fraction of sp³-hybridized carbons (Fsp3) is 0.667. The highest BCUT2D eigenvalue weighted by Gasteiger charge is 2.29. The van der Waals surface area contributed by atoms with E-state index in [-0.39, 0.29) is 6.04 Å². The fourth-order valence-corrected chi connectivity index (χ4v) is 4.00. The molecule has 1 aliphatic rings. The lowest BCUT2D eigenvalue weighted by Crippen LogP contribution is -2.47. The van der Waals surface area contributed by atoms with Gasteiger partial charge in [0, 0.05) is 25.7 Å². The second-order valence-electron chi connectivity index (χ2n) is 4.88. The fourth-order valence-electron chi connectivity index (χ4n) is 2.63. The van der Waals surface area contributed by atoms with Gasteiger partial charge < -0.3 is 4.90 Å². The third kappa shape index (κ3) is 3.59. The number of sulfonamides is 1. The molecule has 1 aliphatic heterocycles. The van der Waals surface area contributed by atoms with Gasteiger partial charge in [0.15, 0.2) is 0 Å². The van der Waals surface area contributed by atoms with E-state index in [4.69, 9.17) is 11.6 Å². The summed E-state index contributed by atoms with van der Waals surface area (Å²) in [6.45, 7) is 3.90. The minimum Gasteiger partial charge on any atom is -0.355 e. The van der Waals surface area contributed by atoms with Crippen molar-refractivity contribution in [1.29, 1.82) is 0 Å². The van der Waals surface area contributed by atoms with Crippen LogP contribution < -0.4 is 4.90 Å². The topological polar surface area (TPSA) is 66.4 Å². The van der Waals surface area contributed by atoms with Crippen molar-refractivity contribution in [2.75, 3.05) is 30.8 Å². The first kappa shape index (κ1) is 15.5. The first-order valence-electron chi connectivity index (χ1n) is 6.61. The molecule has 6 nitrogen and oxygen atoms in total. The molecule has 1 fully saturated rings. The summed E-state index contributed by atoms with van der Waals surface area (Å²) in [6, 6.07) is 0.0680. The van der Waals surface area contributed by atoms with Crippen molar-refractivity contribution in [3.63, 3.8) is 0 Å². The van der Waals surface area contributed by atoms with Crippen LogP contribution in [0.15, 0.2) is 12.4 Å². The first-order chi connectivity index (χ1) is 9.41. The number of halogens is 1. The molecule has 0 spiro atoms. The lowest BCUT2D eigenvalue weighted by Gasteiger charge is -2.37. The van der Waals surface area contributed by atoms with Crippen LogP contribution in [0.3, 0.4) is 0 Å². The van der Waals surface area contributed by atoms with Gasteiger partial charge in [-0.3, -0.25) is 4.98 Å². The molecule has 0 atom stereocenters. The lowest BCUT2D eigenvalue weighted by atomic mass is 10.1. The van der Waals surface area contributed by atoms with Crippen LogP contribution in [0.1, 0.15) is 19.8 Å². The van der Waals surface area contributed by atoms with Gasteiger partial charge >= 0.3 is 0 Å². The Labute approximate surface area is 124 Å². The third-order valence-corrected chi connectivity index (χ3v) is 5.12. The van der Waals surface area contributed by atoms with E-state index >= 15 is 0 Å². The van der Waals surface area contributed by atoms with Gasteiger partial charge in [0.05, 0.1) is 18.6 Å². The van der Waals surface area contributed by atoms with Gasteiger partial charge in [0.2, 0.25) is 10.0 Å². The monoisotopic (exact) mass is 318 g/mol. The van der Waals surface area contributed by atoms with Crippen molar-refractivity contribution < 1.29 is 8.42 Å². The quantitative estimate of drug-likeness (QED) is 0.839. The zero-order chi connectivity index (χ0) is 14.8. The lowest BCUT2D eigenvalue weighted by molar-refractivity contribution is 0.285. The minimum atomic E-state index is -3.14. The summed E-state index contributed by atoms with van der Waals surface area (Å²) in [4.78, 5) is 10.3. The summed E-state index contributed by atoms with van der Waals surface area (Å²) < 4.78 is 25.0. The molecule has 0 N–H and O–H groups in total. The molecule has 0 saturated carbocycles. The van der Waals surface area contributed by atoms with Gasteiger partial charge in [0.25, 0.3) is 0 Å². The van der Waals surface area contributed by atoms with Gasteiger partial charge in [-0.1, -0.05) is 18.5 Å². The Kier molecular flexibility index (Phi) is 4.82. The Hall–Kier alpha value is -0.920. The summed E-state index contributed by atoms with van der Waals surface area (Å²) in [6.07, 6.45) is 6.02. The maximum absolute atomic E-state index is 11.7. The number of hydrogen-bond donors (Lipinski definition) is 0. The van der Waals surface area contributed by atoms with Gasteiger partial charge in [0.1, 0.15) is 11.0 Å². The zero-order valence-electron chi connectivity index (χ0n) is 11.7. The molecule has 0 unspecified atom stereocenters. The molecular formula is C12H19ClN4O2S. The molecule has 1 saturated heterocycles. The van der Waals surface area contributed by atoms with E-state index in [0.29, 0.717) is 11.7 Å². The van der Waals surface area contributed by atoms with E-state index < -0.39 is 10.0 Å². The van der Waals surface area contributed by atoms with Crippen LogP contribution in [-0.4, -0.2) is 54.6 Å². The Morgan fingerprint density at radius 3 is 2.55 bits per heavy atom. The highest BCUT2D eigenvalue weighted by molar-refractivity contribution is 7.88. The number of aromatic nitrogens is 2. The predicted molar refractivity (Wildman–Crippen MR) is 79.5 cm³/mol. The maximum Gasteiger partial charge on any atom is 0.211 e. The molecule has 2 heterocycles. The van der Waals surface area contributed by atoms with Gasteiger partial charge in [-0.15, -0.1) is 0 Å². The molecule has 0 aliphatic carbocycles. The molecule has 0 radical (unpaired) electrons. The van der Waals surface area contributed by atoms with Crippen molar-refractivity contribution in [1.82, 2.24) is 14.3 Å². The molecule has 1 aromatic rings. The predicted octanol–water partition coefficient (Wildman–Crippen LogP) is 1.38. The highest BCUT2D eigenvalue weighted by Crippen LogP contribution is 2.22. The molecule has 1 aromatic heterocycles. The summed E-state index contributed by atoms with van der Waals surface area (Å²) >= 11 is 5.84. The van der Waals surface area contributed by atoms with Crippen LogP contribution in [0, 0.1) is 0 Å². The average Bonchev–Trinajstić information content (AvgIpc) is 2.38. The smallest absolute Gasteiger partial charge is 0.211 e. The summed E-state index contributed by atoms with van der Waals surface area (Å²) in [7, 11) is -3.14. The molecule has 112 valence electrons. The summed E-state index contributed by atoms with van der Waals surface area (Å²) in [5.41, 5.74) is 0. The van der Waals surface area contributed by atoms with Crippen molar-refractivity contribution >= 4 is 27.4 Å². The highest BCUT2D eigenvalue weighted by atomic mass is 35.5. The van der Waals surface area contributed by atoms with E-state index in [1.54, 1.807) is 10.5 Å². The number of anilines is 1. The average molecular weight is 319 g/mol. The minimum absolute atomic E-state index is 0.0680. The normalized spacial score (nSPS) is 17.7. The van der Waals surface area contributed by atoms with E-state index in [9.17, 15) is 8.42 Å². The Bertz CT molecular complexity index is 558. The van der Waals surface area contributed by atoms with E-state index in [0.717, 1.165) is 31.7 Å². The van der Waals surface area contributed by atoms with Gasteiger partial charge in [-0.25, -0.2) is 13.4 Å². The molecular weight excluding hydrogens is 300 g/mol.